The summed E-state index contributed by atoms with van der Waals surface area (Å²) in [6, 6.07) is 9.39. The highest BCUT2D eigenvalue weighted by Gasteiger charge is 2.14. The lowest BCUT2D eigenvalue weighted by atomic mass is 10.2. The van der Waals surface area contributed by atoms with Gasteiger partial charge in [0.15, 0.2) is 11.5 Å². The average Bonchev–Trinajstić information content (AvgIpc) is 2.71. The third kappa shape index (κ3) is 6.37. The van der Waals surface area contributed by atoms with Crippen LogP contribution < -0.4 is 20.9 Å². The predicted molar refractivity (Wildman–Crippen MR) is 111 cm³/mol. The second-order valence-electron chi connectivity index (χ2n) is 5.85. The molecule has 0 radical (unpaired) electrons. The Bertz CT molecular complexity index is 923. The molecule has 0 unspecified atom stereocenters. The highest BCUT2D eigenvalue weighted by Crippen LogP contribution is 2.35. The highest BCUT2D eigenvalue weighted by molar-refractivity contribution is 9.10. The van der Waals surface area contributed by atoms with E-state index in [9.17, 15) is 19.5 Å². The van der Waals surface area contributed by atoms with E-state index in [0.29, 0.717) is 17.0 Å². The minimum atomic E-state index is -0.579. The number of aromatic hydroxyl groups is 1. The van der Waals surface area contributed by atoms with Gasteiger partial charge in [-0.3, -0.25) is 25.2 Å². The average molecular weight is 485 g/mol. The first-order chi connectivity index (χ1) is 13.8. The minimum absolute atomic E-state index is 0.0890. The van der Waals surface area contributed by atoms with E-state index in [1.807, 2.05) is 0 Å². The van der Waals surface area contributed by atoms with Gasteiger partial charge in [-0.05, 0) is 46.6 Å². The maximum Gasteiger partial charge on any atom is 0.269 e. The maximum absolute atomic E-state index is 12.1. The molecule has 2 aromatic carbocycles. The van der Waals surface area contributed by atoms with Crippen molar-refractivity contribution in [1.29, 1.82) is 0 Å². The molecule has 29 heavy (non-hydrogen) atoms. The first kappa shape index (κ1) is 22.5. The van der Waals surface area contributed by atoms with Gasteiger partial charge < -0.3 is 15.2 Å². The molecule has 0 atom stereocenters. The van der Waals surface area contributed by atoms with Crippen molar-refractivity contribution in [3.05, 3.63) is 57.0 Å². The third-order valence-electron chi connectivity index (χ3n) is 3.81. The summed E-state index contributed by atoms with van der Waals surface area (Å²) >= 11 is 9.07. The van der Waals surface area contributed by atoms with E-state index in [1.165, 1.54) is 19.2 Å². The Balaban J connectivity index is 1.75. The van der Waals surface area contributed by atoms with E-state index in [2.05, 4.69) is 32.1 Å². The summed E-state index contributed by atoms with van der Waals surface area (Å²) in [7, 11) is 1.36. The van der Waals surface area contributed by atoms with E-state index in [1.54, 1.807) is 24.3 Å². The predicted octanol–water partition coefficient (Wildman–Crippen LogP) is 2.79. The fourth-order valence-electron chi connectivity index (χ4n) is 2.31. The number of benzene rings is 2. The Hall–Kier alpha value is -2.78. The van der Waals surface area contributed by atoms with Crippen LogP contribution >= 0.6 is 27.5 Å². The second-order valence-corrected chi connectivity index (χ2v) is 7.11. The number of hydrogen-bond donors (Lipinski definition) is 4. The largest absolute Gasteiger partial charge is 0.503 e. The van der Waals surface area contributed by atoms with Gasteiger partial charge in [0.25, 0.3) is 11.8 Å². The van der Waals surface area contributed by atoms with Crippen LogP contribution in [0.4, 0.5) is 0 Å². The molecule has 0 aliphatic carbocycles. The van der Waals surface area contributed by atoms with Crippen LogP contribution in [0.3, 0.4) is 0 Å². The van der Waals surface area contributed by atoms with Crippen LogP contribution in [-0.4, -0.2) is 36.5 Å². The zero-order valence-corrected chi connectivity index (χ0v) is 17.8. The molecule has 154 valence electrons. The SMILES string of the molecule is COc1cc(C(=O)NNC(=O)CCCNC(=O)c2ccccc2Cl)cc(Br)c1O. The van der Waals surface area contributed by atoms with Crippen LogP contribution in [0.1, 0.15) is 33.6 Å². The van der Waals surface area contributed by atoms with Gasteiger partial charge >= 0.3 is 0 Å². The summed E-state index contributed by atoms with van der Waals surface area (Å²) in [6.45, 7) is 0.271. The van der Waals surface area contributed by atoms with Crippen molar-refractivity contribution < 1.29 is 24.2 Å². The Morgan fingerprint density at radius 3 is 2.55 bits per heavy atom. The zero-order chi connectivity index (χ0) is 21.4. The van der Waals surface area contributed by atoms with E-state index >= 15 is 0 Å². The summed E-state index contributed by atoms with van der Waals surface area (Å²) < 4.78 is 5.26. The number of phenolic OH excluding ortho intramolecular Hbond substituents is 1. The Kier molecular flexibility index (Phi) is 8.29. The van der Waals surface area contributed by atoms with Gasteiger partial charge in [0.05, 0.1) is 22.2 Å². The van der Waals surface area contributed by atoms with Crippen molar-refractivity contribution in [1.82, 2.24) is 16.2 Å². The minimum Gasteiger partial charge on any atom is -0.503 e. The molecule has 0 saturated carbocycles. The summed E-state index contributed by atoms with van der Waals surface area (Å²) in [5.74, 6) is -1.34. The first-order valence-electron chi connectivity index (χ1n) is 8.52. The lowest BCUT2D eigenvalue weighted by Crippen LogP contribution is -2.41. The molecule has 10 heteroatoms. The van der Waals surface area contributed by atoms with Crippen molar-refractivity contribution in [2.45, 2.75) is 12.8 Å². The van der Waals surface area contributed by atoms with Gasteiger partial charge in [0.1, 0.15) is 0 Å². The maximum atomic E-state index is 12.1. The Morgan fingerprint density at radius 2 is 1.86 bits per heavy atom. The number of ether oxygens (including phenoxy) is 1. The number of phenols is 1. The van der Waals surface area contributed by atoms with Crippen LogP contribution in [0.5, 0.6) is 11.5 Å². The number of hydrazine groups is 1. The van der Waals surface area contributed by atoms with Crippen LogP contribution in [0.2, 0.25) is 5.02 Å². The summed E-state index contributed by atoms with van der Waals surface area (Å²) in [6.07, 6.45) is 0.460. The molecular weight excluding hydrogens is 466 g/mol. The van der Waals surface area contributed by atoms with Crippen molar-refractivity contribution in [2.75, 3.05) is 13.7 Å². The molecule has 0 fully saturated rings. The molecule has 2 rings (SSSR count). The number of methoxy groups -OCH3 is 1. The third-order valence-corrected chi connectivity index (χ3v) is 4.74. The number of rotatable bonds is 7. The number of amides is 3. The fourth-order valence-corrected chi connectivity index (χ4v) is 2.98. The molecule has 2 aromatic rings. The van der Waals surface area contributed by atoms with Crippen molar-refractivity contribution >= 4 is 45.3 Å². The molecular formula is C19H19BrClN3O5. The Labute approximate surface area is 180 Å². The number of hydrogen-bond acceptors (Lipinski definition) is 5. The molecule has 0 aromatic heterocycles. The van der Waals surface area contributed by atoms with Crippen molar-refractivity contribution in [2.24, 2.45) is 0 Å². The van der Waals surface area contributed by atoms with Crippen LogP contribution in [0.25, 0.3) is 0 Å². The summed E-state index contributed by atoms with van der Waals surface area (Å²) in [5, 5.41) is 12.8. The van der Waals surface area contributed by atoms with E-state index < -0.39 is 11.8 Å². The number of halogens is 2. The van der Waals surface area contributed by atoms with E-state index in [4.69, 9.17) is 16.3 Å². The molecule has 0 aliphatic rings. The number of carbonyl (C=O) groups excluding carboxylic acids is 3. The molecule has 0 bridgehead atoms. The summed E-state index contributed by atoms with van der Waals surface area (Å²) in [4.78, 5) is 36.0. The molecule has 0 heterocycles. The molecule has 3 amide bonds. The molecule has 0 saturated heterocycles. The number of nitrogens with one attached hydrogen (secondary N) is 3. The molecule has 8 nitrogen and oxygen atoms in total. The van der Waals surface area contributed by atoms with Gasteiger partial charge in [-0.15, -0.1) is 0 Å². The summed E-state index contributed by atoms with van der Waals surface area (Å²) in [5.41, 5.74) is 5.11. The molecule has 4 N–H and O–H groups in total. The number of carbonyl (C=O) groups is 3. The van der Waals surface area contributed by atoms with E-state index in [-0.39, 0.29) is 40.4 Å². The molecule has 0 aliphatic heterocycles. The van der Waals surface area contributed by atoms with Gasteiger partial charge in [0.2, 0.25) is 5.91 Å². The standard InChI is InChI=1S/C19H19BrClN3O5/c1-29-15-10-11(9-13(20)17(15)26)18(27)24-23-16(25)7-4-8-22-19(28)12-5-2-3-6-14(12)21/h2-3,5-6,9-10,26H,4,7-8H2,1H3,(H,22,28)(H,23,25)(H,24,27). The Morgan fingerprint density at radius 1 is 1.14 bits per heavy atom. The zero-order valence-electron chi connectivity index (χ0n) is 15.4. The quantitative estimate of drug-likeness (QED) is 0.356. The van der Waals surface area contributed by atoms with E-state index in [0.717, 1.165) is 0 Å². The highest BCUT2D eigenvalue weighted by atomic mass is 79.9. The lowest BCUT2D eigenvalue weighted by Gasteiger charge is -2.11. The van der Waals surface area contributed by atoms with Crippen LogP contribution in [-0.2, 0) is 4.79 Å². The van der Waals surface area contributed by atoms with Crippen LogP contribution in [0, 0.1) is 0 Å². The van der Waals surface area contributed by atoms with Gasteiger partial charge in [-0.25, -0.2) is 0 Å². The van der Waals surface area contributed by atoms with Gasteiger partial charge in [-0.1, -0.05) is 23.7 Å². The normalized spacial score (nSPS) is 10.2. The second kappa shape index (κ2) is 10.7. The van der Waals surface area contributed by atoms with Crippen LogP contribution in [0.15, 0.2) is 40.9 Å². The smallest absolute Gasteiger partial charge is 0.269 e. The fraction of sp³-hybridized carbons (Fsp3) is 0.211. The first-order valence-corrected chi connectivity index (χ1v) is 9.69. The lowest BCUT2D eigenvalue weighted by molar-refractivity contribution is -0.121. The van der Waals surface area contributed by atoms with Gasteiger partial charge in [0, 0.05) is 18.5 Å². The van der Waals surface area contributed by atoms with Gasteiger partial charge in [-0.2, -0.15) is 0 Å². The van der Waals surface area contributed by atoms with Crippen molar-refractivity contribution in [3.8, 4) is 11.5 Å². The molecule has 0 spiro atoms. The monoisotopic (exact) mass is 483 g/mol. The van der Waals surface area contributed by atoms with Crippen molar-refractivity contribution in [3.63, 3.8) is 0 Å². The topological polar surface area (TPSA) is 117 Å².